The highest BCUT2D eigenvalue weighted by molar-refractivity contribution is 7.92. The minimum Gasteiger partial charge on any atom is -0.497 e. The topological polar surface area (TPSA) is 148 Å². The lowest BCUT2D eigenvalue weighted by molar-refractivity contribution is -0.385. The summed E-state index contributed by atoms with van der Waals surface area (Å²) in [5.41, 5.74) is 0.736. The van der Waals surface area contributed by atoms with Crippen molar-refractivity contribution in [2.24, 2.45) is 0 Å². The summed E-state index contributed by atoms with van der Waals surface area (Å²) in [4.78, 5) is 39.5. The van der Waals surface area contributed by atoms with Crippen LogP contribution in [-0.4, -0.2) is 62.9 Å². The second-order valence-corrected chi connectivity index (χ2v) is 12.8. The Kier molecular flexibility index (Phi) is 10.7. The average Bonchev–Trinajstić information content (AvgIpc) is 3.55. The Morgan fingerprint density at radius 1 is 1.00 bits per heavy atom. The van der Waals surface area contributed by atoms with Crippen LogP contribution < -0.4 is 19.1 Å². The molecule has 240 valence electrons. The van der Waals surface area contributed by atoms with Gasteiger partial charge in [-0.3, -0.25) is 24.0 Å². The first-order chi connectivity index (χ1) is 21.4. The van der Waals surface area contributed by atoms with E-state index >= 15 is 0 Å². The van der Waals surface area contributed by atoms with Gasteiger partial charge in [0, 0.05) is 24.2 Å². The van der Waals surface area contributed by atoms with Crippen molar-refractivity contribution in [1.82, 2.24) is 10.2 Å². The molecule has 13 heteroatoms. The maximum absolute atomic E-state index is 14.2. The molecular weight excluding hydrogens is 600 g/mol. The third-order valence-corrected chi connectivity index (χ3v) is 9.73. The first kappa shape index (κ1) is 33.2. The maximum Gasteiger partial charge on any atom is 0.273 e. The van der Waals surface area contributed by atoms with Crippen molar-refractivity contribution >= 4 is 33.2 Å². The Labute approximate surface area is 263 Å². The first-order valence-electron chi connectivity index (χ1n) is 14.6. The number of anilines is 1. The molecule has 3 aromatic carbocycles. The number of nitrogens with zero attached hydrogens (tertiary/aromatic N) is 3. The van der Waals surface area contributed by atoms with E-state index in [4.69, 9.17) is 9.47 Å². The summed E-state index contributed by atoms with van der Waals surface area (Å²) in [6.45, 7) is 2.44. The number of carbonyl (C=O) groups excluding carboxylic acids is 2. The lowest BCUT2D eigenvalue weighted by Gasteiger charge is -2.32. The predicted octanol–water partition coefficient (Wildman–Crippen LogP) is 4.59. The molecule has 0 spiro atoms. The lowest BCUT2D eigenvalue weighted by Crippen LogP contribution is -2.52. The second-order valence-electron chi connectivity index (χ2n) is 11.0. The van der Waals surface area contributed by atoms with Crippen LogP contribution in [0, 0.1) is 17.0 Å². The van der Waals surface area contributed by atoms with Crippen LogP contribution in [0.1, 0.15) is 43.7 Å². The summed E-state index contributed by atoms with van der Waals surface area (Å²) in [6, 6.07) is 15.8. The quantitative estimate of drug-likeness (QED) is 0.211. The maximum atomic E-state index is 14.2. The number of hydrogen-bond acceptors (Lipinski definition) is 8. The standard InChI is InChI=1S/C32H38N4O8S/c1-22-12-17-29(19-30(22)36(39)40)45(41,42)35(26-13-15-27(43-3)16-14-26)21-31(37)34(20-24-8-7-11-28(18-24)44-4)23(2)32(38)33-25-9-5-6-10-25/h7-8,11-19,23,25H,5-6,9-10,20-21H2,1-4H3,(H,33,38)/t23-/m1/s1. The monoisotopic (exact) mass is 638 g/mol. The highest BCUT2D eigenvalue weighted by Gasteiger charge is 2.34. The summed E-state index contributed by atoms with van der Waals surface area (Å²) in [7, 11) is -1.52. The van der Waals surface area contributed by atoms with E-state index in [2.05, 4.69) is 5.32 Å². The van der Waals surface area contributed by atoms with Gasteiger partial charge in [-0.2, -0.15) is 0 Å². The largest absolute Gasteiger partial charge is 0.497 e. The van der Waals surface area contributed by atoms with Crippen molar-refractivity contribution in [2.45, 2.75) is 63.1 Å². The third-order valence-electron chi connectivity index (χ3n) is 7.96. The van der Waals surface area contributed by atoms with Crippen molar-refractivity contribution in [1.29, 1.82) is 0 Å². The van der Waals surface area contributed by atoms with Gasteiger partial charge in [-0.05, 0) is 74.7 Å². The second kappa shape index (κ2) is 14.4. The van der Waals surface area contributed by atoms with E-state index in [9.17, 15) is 28.1 Å². The number of rotatable bonds is 13. The minimum absolute atomic E-state index is 0.00178. The molecule has 1 aliphatic rings. The molecule has 0 radical (unpaired) electrons. The summed E-state index contributed by atoms with van der Waals surface area (Å²) in [5.74, 6) is 0.0377. The zero-order valence-corrected chi connectivity index (χ0v) is 26.6. The van der Waals surface area contributed by atoms with Crippen LogP contribution in [0.2, 0.25) is 0 Å². The summed E-state index contributed by atoms with van der Waals surface area (Å²) < 4.78 is 39.7. The number of nitro benzene ring substituents is 1. The number of nitrogens with one attached hydrogen (secondary N) is 1. The molecule has 1 aliphatic carbocycles. The molecule has 1 atom stereocenters. The Hall–Kier alpha value is -4.65. The number of methoxy groups -OCH3 is 2. The van der Waals surface area contributed by atoms with Gasteiger partial charge < -0.3 is 19.7 Å². The van der Waals surface area contributed by atoms with Gasteiger partial charge >= 0.3 is 0 Å². The number of nitro groups is 1. The van der Waals surface area contributed by atoms with Gasteiger partial charge in [0.1, 0.15) is 24.1 Å². The van der Waals surface area contributed by atoms with Gasteiger partial charge in [0.05, 0.1) is 29.7 Å². The number of aryl methyl sites for hydroxylation is 1. The molecular formula is C32H38N4O8S. The number of sulfonamides is 1. The predicted molar refractivity (Wildman–Crippen MR) is 169 cm³/mol. The molecule has 1 saturated carbocycles. The fourth-order valence-electron chi connectivity index (χ4n) is 5.29. The van der Waals surface area contributed by atoms with Crippen molar-refractivity contribution in [2.75, 3.05) is 25.1 Å². The van der Waals surface area contributed by atoms with Gasteiger partial charge in [-0.15, -0.1) is 0 Å². The zero-order chi connectivity index (χ0) is 32.7. The van der Waals surface area contributed by atoms with Crippen LogP contribution in [0.4, 0.5) is 11.4 Å². The number of benzene rings is 3. The Balaban J connectivity index is 1.74. The molecule has 12 nitrogen and oxygen atoms in total. The van der Waals surface area contributed by atoms with Crippen LogP contribution in [0.5, 0.6) is 11.5 Å². The van der Waals surface area contributed by atoms with Crippen LogP contribution in [0.15, 0.2) is 71.6 Å². The molecule has 1 fully saturated rings. The van der Waals surface area contributed by atoms with E-state index in [1.165, 1.54) is 50.3 Å². The van der Waals surface area contributed by atoms with E-state index in [1.54, 1.807) is 43.3 Å². The zero-order valence-electron chi connectivity index (χ0n) is 25.8. The molecule has 2 amide bonds. The smallest absolute Gasteiger partial charge is 0.273 e. The van der Waals surface area contributed by atoms with Gasteiger partial charge in [-0.25, -0.2) is 8.42 Å². The van der Waals surface area contributed by atoms with Gasteiger partial charge in [0.25, 0.3) is 15.7 Å². The van der Waals surface area contributed by atoms with Crippen molar-refractivity contribution < 1.29 is 32.4 Å². The molecule has 0 aromatic heterocycles. The first-order valence-corrected chi connectivity index (χ1v) is 16.0. The van der Waals surface area contributed by atoms with Crippen molar-refractivity contribution in [3.05, 3.63) is 88.0 Å². The van der Waals surface area contributed by atoms with Gasteiger partial charge in [0.2, 0.25) is 11.8 Å². The van der Waals surface area contributed by atoms with Crippen molar-refractivity contribution in [3.8, 4) is 11.5 Å². The molecule has 3 aromatic rings. The summed E-state index contributed by atoms with van der Waals surface area (Å²) in [6.07, 6.45) is 3.73. The molecule has 4 rings (SSSR count). The van der Waals surface area contributed by atoms with Gasteiger partial charge in [-0.1, -0.05) is 31.0 Å². The van der Waals surface area contributed by atoms with Gasteiger partial charge in [0.15, 0.2) is 0 Å². The molecule has 0 bridgehead atoms. The number of ether oxygens (including phenoxy) is 2. The molecule has 45 heavy (non-hydrogen) atoms. The molecule has 0 saturated heterocycles. The number of carbonyl (C=O) groups is 2. The Bertz CT molecular complexity index is 1640. The van der Waals surface area contributed by atoms with E-state index in [1.807, 2.05) is 0 Å². The van der Waals surface area contributed by atoms with E-state index in [-0.39, 0.29) is 40.3 Å². The fraction of sp³-hybridized carbons (Fsp3) is 0.375. The van der Waals surface area contributed by atoms with Crippen LogP contribution in [-0.2, 0) is 26.2 Å². The highest BCUT2D eigenvalue weighted by Crippen LogP contribution is 2.30. The van der Waals surface area contributed by atoms with Crippen LogP contribution >= 0.6 is 0 Å². The lowest BCUT2D eigenvalue weighted by atomic mass is 10.1. The van der Waals surface area contributed by atoms with E-state index in [0.717, 1.165) is 36.1 Å². The van der Waals surface area contributed by atoms with Crippen molar-refractivity contribution in [3.63, 3.8) is 0 Å². The van der Waals surface area contributed by atoms with E-state index in [0.29, 0.717) is 17.1 Å². The molecule has 0 unspecified atom stereocenters. The normalized spacial score (nSPS) is 14.0. The van der Waals surface area contributed by atoms with E-state index < -0.39 is 33.4 Å². The third kappa shape index (κ3) is 7.90. The highest BCUT2D eigenvalue weighted by atomic mass is 32.2. The average molecular weight is 639 g/mol. The minimum atomic E-state index is -4.50. The summed E-state index contributed by atoms with van der Waals surface area (Å²) >= 11 is 0. The molecule has 0 aliphatic heterocycles. The Morgan fingerprint density at radius 2 is 1.67 bits per heavy atom. The SMILES string of the molecule is COc1ccc(N(CC(=O)N(Cc2cccc(OC)c2)[C@H](C)C(=O)NC2CCCC2)S(=O)(=O)c2ccc(C)c([N+](=O)[O-])c2)cc1. The number of hydrogen-bond donors (Lipinski definition) is 1. The summed E-state index contributed by atoms with van der Waals surface area (Å²) in [5, 5.41) is 14.7. The molecule has 1 N–H and O–H groups in total. The number of amides is 2. The molecule has 0 heterocycles. The van der Waals surface area contributed by atoms with Crippen LogP contribution in [0.25, 0.3) is 0 Å². The van der Waals surface area contributed by atoms with Crippen LogP contribution in [0.3, 0.4) is 0 Å². The fourth-order valence-corrected chi connectivity index (χ4v) is 6.73. The Morgan fingerprint density at radius 3 is 2.29 bits per heavy atom.